The molecule has 1 aromatic heterocycles. The first kappa shape index (κ1) is 17.9. The van der Waals surface area contributed by atoms with E-state index in [4.69, 9.17) is 0 Å². The molecular formula is C17H23N3OS2. The van der Waals surface area contributed by atoms with Gasteiger partial charge in [0.25, 0.3) is 5.91 Å². The molecule has 6 heteroatoms. The molecule has 4 nitrogen and oxygen atoms in total. The van der Waals surface area contributed by atoms with E-state index in [9.17, 15) is 4.79 Å². The predicted molar refractivity (Wildman–Crippen MR) is 98.6 cm³/mol. The molecule has 0 unspecified atom stereocenters. The molecule has 1 aromatic carbocycles. The number of carbonyl (C=O) groups excluding carboxylic acids is 1. The van der Waals surface area contributed by atoms with Gasteiger partial charge in [-0.1, -0.05) is 51.2 Å². The normalized spacial score (nSPS) is 11.5. The molecule has 0 aliphatic heterocycles. The van der Waals surface area contributed by atoms with E-state index in [0.29, 0.717) is 10.7 Å². The molecule has 1 heterocycles. The summed E-state index contributed by atoms with van der Waals surface area (Å²) in [6.07, 6.45) is 2.05. The summed E-state index contributed by atoms with van der Waals surface area (Å²) in [7, 11) is 0. The Hall–Kier alpha value is -1.40. The van der Waals surface area contributed by atoms with Gasteiger partial charge >= 0.3 is 0 Å². The zero-order valence-electron chi connectivity index (χ0n) is 14.0. The number of thioether (sulfide) groups is 1. The second-order valence-corrected chi connectivity index (χ2v) is 8.06. The lowest BCUT2D eigenvalue weighted by atomic mass is 9.91. The van der Waals surface area contributed by atoms with Crippen molar-refractivity contribution < 1.29 is 4.79 Å². The summed E-state index contributed by atoms with van der Waals surface area (Å²) in [5.41, 5.74) is 0.674. The molecule has 0 saturated carbocycles. The summed E-state index contributed by atoms with van der Waals surface area (Å²) in [6, 6.07) is 7.68. The van der Waals surface area contributed by atoms with Crippen LogP contribution in [0.3, 0.4) is 0 Å². The Balaban J connectivity index is 2.14. The number of nitrogens with one attached hydrogen (secondary N) is 1. The van der Waals surface area contributed by atoms with Gasteiger partial charge in [-0.25, -0.2) is 0 Å². The molecule has 0 atom stereocenters. The van der Waals surface area contributed by atoms with E-state index in [-0.39, 0.29) is 11.3 Å². The highest BCUT2D eigenvalue weighted by Gasteiger charge is 2.24. The highest BCUT2D eigenvalue weighted by atomic mass is 32.2. The number of aromatic nitrogens is 2. The van der Waals surface area contributed by atoms with Crippen LogP contribution in [0.1, 0.15) is 55.9 Å². The summed E-state index contributed by atoms with van der Waals surface area (Å²) in [5.74, 6) is 0.874. The summed E-state index contributed by atoms with van der Waals surface area (Å²) < 4.78 is 0. The molecule has 0 spiro atoms. The van der Waals surface area contributed by atoms with Gasteiger partial charge in [0.15, 0.2) is 0 Å². The fourth-order valence-electron chi connectivity index (χ4n) is 1.86. The van der Waals surface area contributed by atoms with Gasteiger partial charge in [-0.15, -0.1) is 22.0 Å². The first-order valence-corrected chi connectivity index (χ1v) is 9.65. The second-order valence-electron chi connectivity index (χ2n) is 5.95. The predicted octanol–water partition coefficient (Wildman–Crippen LogP) is 4.98. The minimum absolute atomic E-state index is 0.0183. The molecule has 1 amide bonds. The van der Waals surface area contributed by atoms with Crippen molar-refractivity contribution in [2.45, 2.75) is 50.8 Å². The van der Waals surface area contributed by atoms with Crippen molar-refractivity contribution in [2.75, 3.05) is 11.1 Å². The molecule has 23 heavy (non-hydrogen) atoms. The van der Waals surface area contributed by atoms with Gasteiger partial charge in [-0.2, -0.15) is 0 Å². The topological polar surface area (TPSA) is 54.9 Å². The van der Waals surface area contributed by atoms with Crippen LogP contribution < -0.4 is 5.32 Å². The molecule has 1 N–H and O–H groups in total. The second kappa shape index (κ2) is 7.93. The summed E-state index contributed by atoms with van der Waals surface area (Å²) in [6.45, 7) is 8.53. The maximum atomic E-state index is 12.5. The number of benzene rings is 1. The number of anilines is 1. The van der Waals surface area contributed by atoms with Crippen LogP contribution in [0, 0.1) is 0 Å². The number of carbonyl (C=O) groups is 1. The standard InChI is InChI=1S/C17H23N3OS2/c1-5-11-22-13-10-8-7-9-12(13)14(21)18-16-20-19-15(23-16)17(3,4)6-2/h7-10H,5-6,11H2,1-4H3,(H,18,20,21). The van der Waals surface area contributed by atoms with Gasteiger partial charge in [0.05, 0.1) is 5.56 Å². The van der Waals surface area contributed by atoms with Crippen molar-refractivity contribution in [3.63, 3.8) is 0 Å². The minimum atomic E-state index is -0.124. The Labute approximate surface area is 146 Å². The largest absolute Gasteiger partial charge is 0.296 e. The van der Waals surface area contributed by atoms with Crippen LogP contribution in [0.5, 0.6) is 0 Å². The Kier molecular flexibility index (Phi) is 6.18. The van der Waals surface area contributed by atoms with E-state index >= 15 is 0 Å². The molecule has 0 saturated heterocycles. The molecule has 2 rings (SSSR count). The minimum Gasteiger partial charge on any atom is -0.296 e. The average molecular weight is 350 g/mol. The zero-order valence-corrected chi connectivity index (χ0v) is 15.7. The molecule has 0 bridgehead atoms. The molecule has 0 fully saturated rings. The van der Waals surface area contributed by atoms with Crippen molar-refractivity contribution in [1.29, 1.82) is 0 Å². The third-order valence-electron chi connectivity index (χ3n) is 3.70. The van der Waals surface area contributed by atoms with Gasteiger partial charge in [-0.3, -0.25) is 10.1 Å². The van der Waals surface area contributed by atoms with E-state index < -0.39 is 0 Å². The Morgan fingerprint density at radius 1 is 1.26 bits per heavy atom. The SMILES string of the molecule is CCCSc1ccccc1C(=O)Nc1nnc(C(C)(C)CC)s1. The van der Waals surface area contributed by atoms with Crippen molar-refractivity contribution in [2.24, 2.45) is 0 Å². The third-order valence-corrected chi connectivity index (χ3v) is 6.19. The van der Waals surface area contributed by atoms with Gasteiger partial charge in [0.2, 0.25) is 5.13 Å². The maximum Gasteiger partial charge on any atom is 0.258 e. The van der Waals surface area contributed by atoms with E-state index in [1.165, 1.54) is 11.3 Å². The van der Waals surface area contributed by atoms with Crippen LogP contribution in [0.2, 0.25) is 0 Å². The smallest absolute Gasteiger partial charge is 0.258 e. The molecule has 2 aromatic rings. The van der Waals surface area contributed by atoms with Crippen LogP contribution in [0.4, 0.5) is 5.13 Å². The summed E-state index contributed by atoms with van der Waals surface area (Å²) >= 11 is 3.16. The van der Waals surface area contributed by atoms with Crippen molar-refractivity contribution in [3.05, 3.63) is 34.8 Å². The van der Waals surface area contributed by atoms with Gasteiger partial charge in [-0.05, 0) is 30.7 Å². The molecule has 0 aliphatic rings. The Morgan fingerprint density at radius 3 is 2.70 bits per heavy atom. The van der Waals surface area contributed by atoms with E-state index in [0.717, 1.165) is 28.5 Å². The average Bonchev–Trinajstić information content (AvgIpc) is 3.02. The maximum absolute atomic E-state index is 12.5. The fourth-order valence-corrected chi connectivity index (χ4v) is 3.68. The summed E-state index contributed by atoms with van der Waals surface area (Å²) in [4.78, 5) is 13.5. The quantitative estimate of drug-likeness (QED) is 0.716. The van der Waals surface area contributed by atoms with E-state index in [1.807, 2.05) is 24.3 Å². The fraction of sp³-hybridized carbons (Fsp3) is 0.471. The van der Waals surface area contributed by atoms with E-state index in [1.54, 1.807) is 11.8 Å². The molecule has 0 radical (unpaired) electrons. The first-order chi connectivity index (χ1) is 11.0. The van der Waals surface area contributed by atoms with Gasteiger partial charge < -0.3 is 0 Å². The first-order valence-electron chi connectivity index (χ1n) is 7.85. The lowest BCUT2D eigenvalue weighted by Gasteiger charge is -2.17. The number of hydrogen-bond donors (Lipinski definition) is 1. The molecule has 0 aliphatic carbocycles. The molecule has 124 valence electrons. The Morgan fingerprint density at radius 2 is 2.00 bits per heavy atom. The lowest BCUT2D eigenvalue weighted by molar-refractivity contribution is 0.102. The lowest BCUT2D eigenvalue weighted by Crippen LogP contribution is -2.14. The van der Waals surface area contributed by atoms with Crippen LogP contribution in [0.25, 0.3) is 0 Å². The molecular weight excluding hydrogens is 326 g/mol. The monoisotopic (exact) mass is 349 g/mol. The van der Waals surface area contributed by atoms with E-state index in [2.05, 4.69) is 43.2 Å². The van der Waals surface area contributed by atoms with Crippen LogP contribution in [-0.4, -0.2) is 21.9 Å². The van der Waals surface area contributed by atoms with Crippen molar-refractivity contribution in [3.8, 4) is 0 Å². The number of amides is 1. The summed E-state index contributed by atoms with van der Waals surface area (Å²) in [5, 5.41) is 12.7. The van der Waals surface area contributed by atoms with Crippen LogP contribution in [0.15, 0.2) is 29.2 Å². The Bertz CT molecular complexity index is 667. The van der Waals surface area contributed by atoms with Crippen LogP contribution >= 0.6 is 23.1 Å². The third kappa shape index (κ3) is 4.54. The number of nitrogens with zero attached hydrogens (tertiary/aromatic N) is 2. The van der Waals surface area contributed by atoms with Crippen molar-refractivity contribution in [1.82, 2.24) is 10.2 Å². The zero-order chi connectivity index (χ0) is 16.9. The number of rotatable bonds is 7. The highest BCUT2D eigenvalue weighted by molar-refractivity contribution is 7.99. The van der Waals surface area contributed by atoms with Crippen LogP contribution in [-0.2, 0) is 5.41 Å². The van der Waals surface area contributed by atoms with Gasteiger partial charge in [0.1, 0.15) is 5.01 Å². The van der Waals surface area contributed by atoms with Crippen molar-refractivity contribution >= 4 is 34.1 Å². The van der Waals surface area contributed by atoms with Gasteiger partial charge in [0, 0.05) is 10.3 Å². The number of hydrogen-bond acceptors (Lipinski definition) is 5. The highest BCUT2D eigenvalue weighted by Crippen LogP contribution is 2.31.